The maximum atomic E-state index is 10.0. The molecule has 0 spiro atoms. The molecule has 0 saturated carbocycles. The van der Waals surface area contributed by atoms with Crippen LogP contribution in [0.1, 0.15) is 25.0 Å². The Morgan fingerprint density at radius 2 is 2.13 bits per heavy atom. The van der Waals surface area contributed by atoms with Crippen LogP contribution < -0.4 is 4.74 Å². The van der Waals surface area contributed by atoms with Crippen molar-refractivity contribution in [3.63, 3.8) is 0 Å². The first-order valence-corrected chi connectivity index (χ1v) is 5.53. The SMILES string of the molecule is CC(C)(O)c1cc(Br)cc2c1OCOC2. The van der Waals surface area contributed by atoms with Crippen LogP contribution in [0.5, 0.6) is 5.75 Å². The third kappa shape index (κ3) is 2.17. The molecule has 0 fully saturated rings. The molecule has 2 rings (SSSR count). The fraction of sp³-hybridized carbons (Fsp3) is 0.455. The number of hydrogen-bond donors (Lipinski definition) is 1. The van der Waals surface area contributed by atoms with Crippen molar-refractivity contribution in [2.45, 2.75) is 26.1 Å². The van der Waals surface area contributed by atoms with Crippen LogP contribution in [-0.2, 0) is 16.9 Å². The molecule has 0 aliphatic carbocycles. The number of fused-ring (bicyclic) bond motifs is 1. The Morgan fingerprint density at radius 1 is 1.40 bits per heavy atom. The van der Waals surface area contributed by atoms with Crippen LogP contribution in [0, 0.1) is 0 Å². The van der Waals surface area contributed by atoms with Gasteiger partial charge in [0.05, 0.1) is 12.2 Å². The van der Waals surface area contributed by atoms with Gasteiger partial charge >= 0.3 is 0 Å². The molecular weight excluding hydrogens is 260 g/mol. The average Bonchev–Trinajstić information content (AvgIpc) is 2.15. The molecular formula is C11H13BrO3. The van der Waals surface area contributed by atoms with Gasteiger partial charge in [0.1, 0.15) is 5.75 Å². The molecule has 15 heavy (non-hydrogen) atoms. The summed E-state index contributed by atoms with van der Waals surface area (Å²) in [6.07, 6.45) is 0. The number of ether oxygens (including phenoxy) is 2. The Bertz CT molecular complexity index is 382. The number of halogens is 1. The van der Waals surface area contributed by atoms with Gasteiger partial charge in [-0.3, -0.25) is 0 Å². The zero-order chi connectivity index (χ0) is 11.1. The summed E-state index contributed by atoms with van der Waals surface area (Å²) in [4.78, 5) is 0. The van der Waals surface area contributed by atoms with Gasteiger partial charge in [-0.25, -0.2) is 0 Å². The van der Waals surface area contributed by atoms with Gasteiger partial charge in [-0.05, 0) is 26.0 Å². The van der Waals surface area contributed by atoms with E-state index in [0.717, 1.165) is 21.3 Å². The van der Waals surface area contributed by atoms with Crippen LogP contribution in [0.25, 0.3) is 0 Å². The van der Waals surface area contributed by atoms with Gasteiger partial charge in [0, 0.05) is 15.6 Å². The van der Waals surface area contributed by atoms with Crippen LogP contribution in [0.3, 0.4) is 0 Å². The molecule has 82 valence electrons. The first kappa shape index (κ1) is 10.9. The summed E-state index contributed by atoms with van der Waals surface area (Å²) in [5.74, 6) is 0.747. The summed E-state index contributed by atoms with van der Waals surface area (Å²) in [6.45, 7) is 4.26. The van der Waals surface area contributed by atoms with Gasteiger partial charge in [-0.1, -0.05) is 15.9 Å². The lowest BCUT2D eigenvalue weighted by Crippen LogP contribution is -2.21. The largest absolute Gasteiger partial charge is 0.467 e. The van der Waals surface area contributed by atoms with E-state index in [1.54, 1.807) is 13.8 Å². The molecule has 0 bridgehead atoms. The zero-order valence-corrected chi connectivity index (χ0v) is 10.3. The fourth-order valence-electron chi connectivity index (χ4n) is 1.63. The molecule has 0 saturated heterocycles. The molecule has 0 atom stereocenters. The van der Waals surface area contributed by atoms with Gasteiger partial charge in [-0.2, -0.15) is 0 Å². The number of aliphatic hydroxyl groups is 1. The molecule has 1 heterocycles. The number of benzene rings is 1. The van der Waals surface area contributed by atoms with Crippen molar-refractivity contribution in [2.24, 2.45) is 0 Å². The van der Waals surface area contributed by atoms with E-state index in [4.69, 9.17) is 9.47 Å². The van der Waals surface area contributed by atoms with Gasteiger partial charge in [0.15, 0.2) is 6.79 Å². The highest BCUT2D eigenvalue weighted by atomic mass is 79.9. The quantitative estimate of drug-likeness (QED) is 0.854. The monoisotopic (exact) mass is 272 g/mol. The standard InChI is InChI=1S/C11H13BrO3/c1-11(2,13)9-4-8(12)3-7-5-14-6-15-10(7)9/h3-4,13H,5-6H2,1-2H3. The molecule has 1 aliphatic rings. The average molecular weight is 273 g/mol. The fourth-order valence-corrected chi connectivity index (χ4v) is 2.14. The topological polar surface area (TPSA) is 38.7 Å². The lowest BCUT2D eigenvalue weighted by Gasteiger charge is -2.26. The minimum atomic E-state index is -0.912. The summed E-state index contributed by atoms with van der Waals surface area (Å²) in [5.41, 5.74) is 0.841. The highest BCUT2D eigenvalue weighted by Gasteiger charge is 2.25. The molecule has 1 N–H and O–H groups in total. The summed E-state index contributed by atoms with van der Waals surface area (Å²) >= 11 is 3.41. The third-order valence-corrected chi connectivity index (χ3v) is 2.79. The number of hydrogen-bond acceptors (Lipinski definition) is 3. The van der Waals surface area contributed by atoms with Gasteiger partial charge in [0.2, 0.25) is 0 Å². The van der Waals surface area contributed by atoms with Crippen LogP contribution in [0.4, 0.5) is 0 Å². The zero-order valence-electron chi connectivity index (χ0n) is 8.71. The Kier molecular flexibility index (Phi) is 2.75. The molecule has 1 aromatic carbocycles. The van der Waals surface area contributed by atoms with E-state index >= 15 is 0 Å². The summed E-state index contributed by atoms with van der Waals surface area (Å²) in [7, 11) is 0. The van der Waals surface area contributed by atoms with Crippen molar-refractivity contribution >= 4 is 15.9 Å². The van der Waals surface area contributed by atoms with Crippen LogP contribution in [0.2, 0.25) is 0 Å². The molecule has 0 unspecified atom stereocenters. The molecule has 3 nitrogen and oxygen atoms in total. The maximum absolute atomic E-state index is 10.0. The normalized spacial score (nSPS) is 15.7. The van der Waals surface area contributed by atoms with E-state index in [1.807, 2.05) is 12.1 Å². The summed E-state index contributed by atoms with van der Waals surface area (Å²) in [6, 6.07) is 3.83. The van der Waals surface area contributed by atoms with Crippen molar-refractivity contribution in [2.75, 3.05) is 6.79 Å². The maximum Gasteiger partial charge on any atom is 0.189 e. The minimum Gasteiger partial charge on any atom is -0.467 e. The second-order valence-electron chi connectivity index (χ2n) is 4.11. The van der Waals surface area contributed by atoms with E-state index < -0.39 is 5.60 Å². The van der Waals surface area contributed by atoms with Gasteiger partial charge in [-0.15, -0.1) is 0 Å². The molecule has 4 heteroatoms. The predicted molar refractivity (Wildman–Crippen MR) is 59.7 cm³/mol. The van der Waals surface area contributed by atoms with E-state index in [1.165, 1.54) is 0 Å². The Morgan fingerprint density at radius 3 is 2.80 bits per heavy atom. The first-order valence-electron chi connectivity index (χ1n) is 4.74. The highest BCUT2D eigenvalue weighted by molar-refractivity contribution is 9.10. The van der Waals surface area contributed by atoms with Gasteiger partial charge < -0.3 is 14.6 Å². The summed E-state index contributed by atoms with van der Waals surface area (Å²) in [5, 5.41) is 10.0. The molecule has 0 aromatic heterocycles. The highest BCUT2D eigenvalue weighted by Crippen LogP contribution is 2.37. The molecule has 1 aromatic rings. The van der Waals surface area contributed by atoms with E-state index in [2.05, 4.69) is 15.9 Å². The second-order valence-corrected chi connectivity index (χ2v) is 5.03. The van der Waals surface area contributed by atoms with Crippen molar-refractivity contribution in [1.29, 1.82) is 0 Å². The second kappa shape index (κ2) is 3.77. The van der Waals surface area contributed by atoms with Crippen LogP contribution in [-0.4, -0.2) is 11.9 Å². The Hall–Kier alpha value is -0.580. The predicted octanol–water partition coefficient (Wildman–Crippen LogP) is 2.54. The first-order chi connectivity index (χ1) is 6.98. The lowest BCUT2D eigenvalue weighted by atomic mass is 9.95. The third-order valence-electron chi connectivity index (χ3n) is 2.33. The minimum absolute atomic E-state index is 0.248. The number of rotatable bonds is 1. The molecule has 1 aliphatic heterocycles. The van der Waals surface area contributed by atoms with Crippen molar-refractivity contribution in [3.8, 4) is 5.75 Å². The van der Waals surface area contributed by atoms with Gasteiger partial charge in [0.25, 0.3) is 0 Å². The summed E-state index contributed by atoms with van der Waals surface area (Å²) < 4.78 is 11.6. The van der Waals surface area contributed by atoms with Crippen LogP contribution >= 0.6 is 15.9 Å². The smallest absolute Gasteiger partial charge is 0.189 e. The Balaban J connectivity index is 2.58. The Labute approximate surface area is 97.1 Å². The molecule has 0 radical (unpaired) electrons. The van der Waals surface area contributed by atoms with E-state index in [0.29, 0.717) is 6.61 Å². The van der Waals surface area contributed by atoms with Crippen molar-refractivity contribution in [1.82, 2.24) is 0 Å². The molecule has 0 amide bonds. The van der Waals surface area contributed by atoms with Crippen molar-refractivity contribution < 1.29 is 14.6 Å². The van der Waals surface area contributed by atoms with E-state index in [9.17, 15) is 5.11 Å². The lowest BCUT2D eigenvalue weighted by molar-refractivity contribution is -0.0213. The van der Waals surface area contributed by atoms with Crippen molar-refractivity contribution in [3.05, 3.63) is 27.7 Å². The van der Waals surface area contributed by atoms with E-state index in [-0.39, 0.29) is 6.79 Å². The van der Waals surface area contributed by atoms with Crippen LogP contribution in [0.15, 0.2) is 16.6 Å².